The maximum atomic E-state index is 12.8. The molecule has 2 rings (SSSR count). The van der Waals surface area contributed by atoms with Crippen LogP contribution in [0.3, 0.4) is 0 Å². The summed E-state index contributed by atoms with van der Waals surface area (Å²) in [6, 6.07) is -0.988. The first-order valence-electron chi connectivity index (χ1n) is 7.11. The summed E-state index contributed by atoms with van der Waals surface area (Å²) in [5, 5.41) is 12.0. The predicted octanol–water partition coefficient (Wildman–Crippen LogP) is 1.24. The number of carboxylic acid groups (broad SMARTS) is 1. The van der Waals surface area contributed by atoms with Gasteiger partial charge in [-0.15, -0.1) is 0 Å². The Hall–Kier alpha value is -1.31. The first kappa shape index (κ1) is 16.1. The topological polar surface area (TPSA) is 69.6 Å². The van der Waals surface area contributed by atoms with Gasteiger partial charge in [-0.05, 0) is 19.3 Å². The zero-order chi connectivity index (χ0) is 15.6. The maximum absolute atomic E-state index is 12.8. The van der Waals surface area contributed by atoms with Crippen molar-refractivity contribution in [3.63, 3.8) is 0 Å². The lowest BCUT2D eigenvalue weighted by Crippen LogP contribution is -2.58. The Kier molecular flexibility index (Phi) is 4.75. The van der Waals surface area contributed by atoms with E-state index in [9.17, 15) is 22.8 Å². The molecule has 2 aliphatic rings. The lowest BCUT2D eigenvalue weighted by molar-refractivity contribution is -0.188. The van der Waals surface area contributed by atoms with Crippen molar-refractivity contribution < 1.29 is 27.9 Å². The van der Waals surface area contributed by atoms with Gasteiger partial charge in [0.05, 0.1) is 5.92 Å². The lowest BCUT2D eigenvalue weighted by atomic mass is 9.80. The number of aliphatic carboxylic acids is 1. The highest BCUT2D eigenvalue weighted by Gasteiger charge is 2.45. The third-order valence-electron chi connectivity index (χ3n) is 4.30. The van der Waals surface area contributed by atoms with E-state index in [-0.39, 0.29) is 25.9 Å². The number of nitrogens with one attached hydrogen (secondary N) is 1. The van der Waals surface area contributed by atoms with Gasteiger partial charge in [-0.3, -0.25) is 4.79 Å². The Morgan fingerprint density at radius 1 is 1.24 bits per heavy atom. The summed E-state index contributed by atoms with van der Waals surface area (Å²) in [5.74, 6) is -3.74. The van der Waals surface area contributed by atoms with Crippen LogP contribution >= 0.6 is 0 Å². The zero-order valence-electron chi connectivity index (χ0n) is 11.5. The van der Waals surface area contributed by atoms with Gasteiger partial charge in [0.15, 0.2) is 0 Å². The zero-order valence-corrected chi connectivity index (χ0v) is 11.5. The first-order chi connectivity index (χ1) is 9.80. The van der Waals surface area contributed by atoms with Crippen molar-refractivity contribution in [1.82, 2.24) is 10.2 Å². The van der Waals surface area contributed by atoms with E-state index in [1.807, 2.05) is 0 Å². The van der Waals surface area contributed by atoms with E-state index in [0.717, 1.165) is 0 Å². The SMILES string of the molecule is O=C(O)C1CNCCN1C(=O)C1CCCC(C(F)(F)F)C1. The number of carboxylic acids is 1. The summed E-state index contributed by atoms with van der Waals surface area (Å²) < 4.78 is 38.4. The molecule has 0 aromatic carbocycles. The molecule has 1 saturated heterocycles. The summed E-state index contributed by atoms with van der Waals surface area (Å²) >= 11 is 0. The number of piperazine rings is 1. The smallest absolute Gasteiger partial charge is 0.391 e. The number of rotatable bonds is 2. The fourth-order valence-electron chi connectivity index (χ4n) is 3.13. The molecule has 0 spiro atoms. The Morgan fingerprint density at radius 3 is 2.57 bits per heavy atom. The second-order valence-corrected chi connectivity index (χ2v) is 5.69. The minimum absolute atomic E-state index is 0.0528. The van der Waals surface area contributed by atoms with Crippen LogP contribution in [0.2, 0.25) is 0 Å². The van der Waals surface area contributed by atoms with Crippen LogP contribution in [0.5, 0.6) is 0 Å². The average Bonchev–Trinajstić information content (AvgIpc) is 2.45. The minimum Gasteiger partial charge on any atom is -0.480 e. The monoisotopic (exact) mass is 308 g/mol. The number of amides is 1. The van der Waals surface area contributed by atoms with Gasteiger partial charge < -0.3 is 15.3 Å². The number of hydrogen-bond donors (Lipinski definition) is 2. The molecule has 8 heteroatoms. The molecule has 1 amide bonds. The standard InChI is InChI=1S/C13H19F3N2O3/c14-13(15,16)9-3-1-2-8(6-9)11(19)18-5-4-17-7-10(18)12(20)21/h8-10,17H,1-7H2,(H,20,21). The van der Waals surface area contributed by atoms with E-state index >= 15 is 0 Å². The normalized spacial score (nSPS) is 31.0. The molecule has 0 bridgehead atoms. The molecule has 3 unspecified atom stereocenters. The van der Waals surface area contributed by atoms with Crippen LogP contribution in [0.25, 0.3) is 0 Å². The molecule has 120 valence electrons. The largest absolute Gasteiger partial charge is 0.480 e. The van der Waals surface area contributed by atoms with Crippen molar-refractivity contribution in [3.05, 3.63) is 0 Å². The van der Waals surface area contributed by atoms with Crippen LogP contribution in [0.4, 0.5) is 13.2 Å². The summed E-state index contributed by atoms with van der Waals surface area (Å²) in [6.07, 6.45) is -3.70. The summed E-state index contributed by atoms with van der Waals surface area (Å²) in [4.78, 5) is 24.8. The van der Waals surface area contributed by atoms with Gasteiger partial charge in [0, 0.05) is 25.6 Å². The van der Waals surface area contributed by atoms with E-state index < -0.39 is 35.9 Å². The number of carbonyl (C=O) groups excluding carboxylic acids is 1. The van der Waals surface area contributed by atoms with Crippen molar-refractivity contribution in [1.29, 1.82) is 0 Å². The number of alkyl halides is 3. The molecular weight excluding hydrogens is 289 g/mol. The highest BCUT2D eigenvalue weighted by molar-refractivity contribution is 5.85. The number of halogens is 3. The second-order valence-electron chi connectivity index (χ2n) is 5.69. The van der Waals surface area contributed by atoms with Gasteiger partial charge in [-0.1, -0.05) is 6.42 Å². The molecule has 1 heterocycles. The molecule has 1 aliphatic carbocycles. The van der Waals surface area contributed by atoms with E-state index in [2.05, 4.69) is 5.32 Å². The van der Waals surface area contributed by atoms with Crippen molar-refractivity contribution in [2.45, 2.75) is 37.9 Å². The van der Waals surface area contributed by atoms with Crippen LogP contribution in [-0.4, -0.2) is 53.7 Å². The summed E-state index contributed by atoms with van der Waals surface area (Å²) in [6.45, 7) is 0.824. The van der Waals surface area contributed by atoms with Gasteiger partial charge in [-0.25, -0.2) is 4.79 Å². The number of hydrogen-bond acceptors (Lipinski definition) is 3. The van der Waals surface area contributed by atoms with E-state index in [0.29, 0.717) is 19.4 Å². The molecule has 0 aromatic rings. The van der Waals surface area contributed by atoms with Gasteiger partial charge in [0.1, 0.15) is 6.04 Å². The predicted molar refractivity (Wildman–Crippen MR) is 67.5 cm³/mol. The molecule has 0 aromatic heterocycles. The van der Waals surface area contributed by atoms with E-state index in [1.54, 1.807) is 0 Å². The first-order valence-corrected chi connectivity index (χ1v) is 7.11. The van der Waals surface area contributed by atoms with Crippen molar-refractivity contribution in [2.75, 3.05) is 19.6 Å². The molecule has 3 atom stereocenters. The summed E-state index contributed by atoms with van der Waals surface area (Å²) in [7, 11) is 0. The average molecular weight is 308 g/mol. The molecule has 21 heavy (non-hydrogen) atoms. The van der Waals surface area contributed by atoms with E-state index in [1.165, 1.54) is 4.90 Å². The molecule has 5 nitrogen and oxygen atoms in total. The Labute approximate surface area is 120 Å². The fourth-order valence-corrected chi connectivity index (χ4v) is 3.13. The van der Waals surface area contributed by atoms with Gasteiger partial charge >= 0.3 is 12.1 Å². The second kappa shape index (κ2) is 6.21. The van der Waals surface area contributed by atoms with Gasteiger partial charge in [-0.2, -0.15) is 13.2 Å². The maximum Gasteiger partial charge on any atom is 0.391 e. The number of carbonyl (C=O) groups is 2. The van der Waals surface area contributed by atoms with Crippen LogP contribution in [0.15, 0.2) is 0 Å². The molecule has 0 radical (unpaired) electrons. The Bertz CT molecular complexity index is 414. The minimum atomic E-state index is -4.28. The van der Waals surface area contributed by atoms with Gasteiger partial charge in [0.2, 0.25) is 5.91 Å². The van der Waals surface area contributed by atoms with Crippen molar-refractivity contribution >= 4 is 11.9 Å². The van der Waals surface area contributed by atoms with Crippen molar-refractivity contribution in [2.24, 2.45) is 11.8 Å². The molecule has 1 aliphatic heterocycles. The van der Waals surface area contributed by atoms with Gasteiger partial charge in [0.25, 0.3) is 0 Å². The molecule has 1 saturated carbocycles. The Morgan fingerprint density at radius 2 is 1.95 bits per heavy atom. The third-order valence-corrected chi connectivity index (χ3v) is 4.30. The Balaban J connectivity index is 2.06. The quantitative estimate of drug-likeness (QED) is 0.805. The van der Waals surface area contributed by atoms with Crippen LogP contribution in [0.1, 0.15) is 25.7 Å². The van der Waals surface area contributed by atoms with Crippen LogP contribution in [-0.2, 0) is 9.59 Å². The van der Waals surface area contributed by atoms with E-state index in [4.69, 9.17) is 5.11 Å². The lowest BCUT2D eigenvalue weighted by Gasteiger charge is -2.38. The molecule has 2 fully saturated rings. The van der Waals surface area contributed by atoms with Crippen LogP contribution < -0.4 is 5.32 Å². The highest BCUT2D eigenvalue weighted by atomic mass is 19.4. The van der Waals surface area contributed by atoms with Crippen LogP contribution in [0, 0.1) is 11.8 Å². The fraction of sp³-hybridized carbons (Fsp3) is 0.846. The number of nitrogens with zero attached hydrogens (tertiary/aromatic N) is 1. The molecular formula is C13H19F3N2O3. The third kappa shape index (κ3) is 3.66. The molecule has 2 N–H and O–H groups in total. The van der Waals surface area contributed by atoms with Crippen molar-refractivity contribution in [3.8, 4) is 0 Å². The highest BCUT2D eigenvalue weighted by Crippen LogP contribution is 2.40. The summed E-state index contributed by atoms with van der Waals surface area (Å²) in [5.41, 5.74) is 0.